The molecule has 3 amide bonds. The summed E-state index contributed by atoms with van der Waals surface area (Å²) in [6, 6.07) is 25.6. The molecule has 0 heterocycles. The summed E-state index contributed by atoms with van der Waals surface area (Å²) >= 11 is 20.3. The van der Waals surface area contributed by atoms with Crippen molar-refractivity contribution in [1.29, 1.82) is 0 Å². The summed E-state index contributed by atoms with van der Waals surface area (Å²) in [5, 5.41) is 8.99. The van der Waals surface area contributed by atoms with Crippen molar-refractivity contribution in [1.82, 2.24) is 5.32 Å². The van der Waals surface area contributed by atoms with Crippen LogP contribution in [0.25, 0.3) is 6.08 Å². The Bertz CT molecular complexity index is 1680. The zero-order valence-corrected chi connectivity index (χ0v) is 26.8. The smallest absolute Gasteiger partial charge is 0.272 e. The molecule has 7 nitrogen and oxygen atoms in total. The van der Waals surface area contributed by atoms with E-state index in [1.807, 2.05) is 13.0 Å². The van der Waals surface area contributed by atoms with Crippen LogP contribution in [0.5, 0.6) is 5.75 Å². The molecule has 4 aromatic rings. The van der Waals surface area contributed by atoms with Crippen molar-refractivity contribution in [3.63, 3.8) is 0 Å². The number of hydrogen-bond acceptors (Lipinski definition) is 5. The SMILES string of the molecule is CCC(Sc1cccc(NC(=O)/C(=C\c2c(Cl)cccc2Cl)NC(=O)c2ccccc2)c1)C(=O)Nc1ccc(OC)c(Cl)c1. The number of halogens is 3. The van der Waals surface area contributed by atoms with Crippen molar-refractivity contribution >= 4 is 81.7 Å². The van der Waals surface area contributed by atoms with Gasteiger partial charge in [0.2, 0.25) is 5.91 Å². The molecular weight excluding hydrogens is 641 g/mol. The van der Waals surface area contributed by atoms with E-state index in [4.69, 9.17) is 39.5 Å². The molecule has 0 bridgehead atoms. The average molecular weight is 669 g/mol. The fourth-order valence-electron chi connectivity index (χ4n) is 4.03. The van der Waals surface area contributed by atoms with Crippen molar-refractivity contribution < 1.29 is 19.1 Å². The summed E-state index contributed by atoms with van der Waals surface area (Å²) in [5.41, 5.74) is 1.71. The number of amides is 3. The number of thioether (sulfide) groups is 1. The van der Waals surface area contributed by atoms with E-state index in [-0.39, 0.29) is 11.6 Å². The minimum absolute atomic E-state index is 0.0594. The lowest BCUT2D eigenvalue weighted by molar-refractivity contribution is -0.116. The van der Waals surface area contributed by atoms with Gasteiger partial charge in [0, 0.05) is 37.4 Å². The summed E-state index contributed by atoms with van der Waals surface area (Å²) < 4.78 is 5.17. The second-order valence-corrected chi connectivity index (χ2v) is 11.8. The van der Waals surface area contributed by atoms with Gasteiger partial charge in [0.1, 0.15) is 11.4 Å². The molecule has 3 N–H and O–H groups in total. The summed E-state index contributed by atoms with van der Waals surface area (Å²) in [7, 11) is 1.52. The highest BCUT2D eigenvalue weighted by Gasteiger charge is 2.20. The van der Waals surface area contributed by atoms with Gasteiger partial charge in [-0.2, -0.15) is 0 Å². The Morgan fingerprint density at radius 2 is 1.50 bits per heavy atom. The van der Waals surface area contributed by atoms with Crippen LogP contribution < -0.4 is 20.7 Å². The van der Waals surface area contributed by atoms with Crippen LogP contribution in [0.4, 0.5) is 11.4 Å². The maximum absolute atomic E-state index is 13.5. The fourth-order valence-corrected chi connectivity index (χ4v) is 5.81. The van der Waals surface area contributed by atoms with Gasteiger partial charge in [-0.25, -0.2) is 0 Å². The molecule has 0 aliphatic rings. The molecule has 11 heteroatoms. The Kier molecular flexibility index (Phi) is 11.7. The van der Waals surface area contributed by atoms with Gasteiger partial charge in [-0.05, 0) is 73.2 Å². The summed E-state index contributed by atoms with van der Waals surface area (Å²) in [6.07, 6.45) is 1.98. The molecule has 0 aliphatic heterocycles. The molecule has 0 radical (unpaired) electrons. The number of carbonyl (C=O) groups excluding carboxylic acids is 3. The lowest BCUT2D eigenvalue weighted by Gasteiger charge is -2.16. The Morgan fingerprint density at radius 1 is 0.818 bits per heavy atom. The lowest BCUT2D eigenvalue weighted by atomic mass is 10.1. The number of anilines is 2. The Hall–Kier alpha value is -3.95. The maximum atomic E-state index is 13.5. The highest BCUT2D eigenvalue weighted by molar-refractivity contribution is 8.00. The predicted molar refractivity (Wildman–Crippen MR) is 180 cm³/mol. The van der Waals surface area contributed by atoms with Crippen LogP contribution >= 0.6 is 46.6 Å². The number of ether oxygens (including phenoxy) is 1. The van der Waals surface area contributed by atoms with Crippen molar-refractivity contribution in [3.8, 4) is 5.75 Å². The lowest BCUT2D eigenvalue weighted by Crippen LogP contribution is -2.30. The number of nitrogens with one attached hydrogen (secondary N) is 3. The number of carbonyl (C=O) groups is 3. The third-order valence-corrected chi connectivity index (χ3v) is 8.58. The van der Waals surface area contributed by atoms with Gasteiger partial charge in [0.05, 0.1) is 17.4 Å². The van der Waals surface area contributed by atoms with Crippen LogP contribution in [0.3, 0.4) is 0 Å². The monoisotopic (exact) mass is 667 g/mol. The Labute approximate surface area is 274 Å². The van der Waals surface area contributed by atoms with E-state index in [1.54, 1.807) is 84.9 Å². The number of methoxy groups -OCH3 is 1. The number of rotatable bonds is 11. The van der Waals surface area contributed by atoms with Gasteiger partial charge < -0.3 is 20.7 Å². The minimum Gasteiger partial charge on any atom is -0.495 e. The van der Waals surface area contributed by atoms with E-state index in [1.165, 1.54) is 24.9 Å². The molecule has 44 heavy (non-hydrogen) atoms. The quantitative estimate of drug-likeness (QED) is 0.110. The van der Waals surface area contributed by atoms with Gasteiger partial charge in [-0.15, -0.1) is 11.8 Å². The van der Waals surface area contributed by atoms with Crippen LogP contribution in [0.2, 0.25) is 15.1 Å². The van der Waals surface area contributed by atoms with E-state index in [0.29, 0.717) is 49.7 Å². The molecule has 0 aliphatic carbocycles. The van der Waals surface area contributed by atoms with Gasteiger partial charge >= 0.3 is 0 Å². The molecule has 0 saturated heterocycles. The van der Waals surface area contributed by atoms with Gasteiger partial charge in [0.25, 0.3) is 11.8 Å². The zero-order valence-electron chi connectivity index (χ0n) is 23.7. The highest BCUT2D eigenvalue weighted by Crippen LogP contribution is 2.31. The Morgan fingerprint density at radius 3 is 2.16 bits per heavy atom. The first-order chi connectivity index (χ1) is 21.2. The summed E-state index contributed by atoms with van der Waals surface area (Å²) in [4.78, 5) is 40.3. The van der Waals surface area contributed by atoms with Crippen LogP contribution in [0, 0.1) is 0 Å². The first-order valence-electron chi connectivity index (χ1n) is 13.4. The largest absolute Gasteiger partial charge is 0.495 e. The van der Waals surface area contributed by atoms with Crippen molar-refractivity contribution in [2.45, 2.75) is 23.5 Å². The minimum atomic E-state index is -0.589. The highest BCUT2D eigenvalue weighted by atomic mass is 35.5. The van der Waals surface area contributed by atoms with Crippen molar-refractivity contribution in [3.05, 3.63) is 123 Å². The van der Waals surface area contributed by atoms with E-state index in [2.05, 4.69) is 16.0 Å². The first kappa shape index (κ1) is 33.0. The molecule has 1 unspecified atom stereocenters. The van der Waals surface area contributed by atoms with Crippen molar-refractivity contribution in [2.24, 2.45) is 0 Å². The first-order valence-corrected chi connectivity index (χ1v) is 15.4. The third kappa shape index (κ3) is 8.80. The molecule has 226 valence electrons. The average Bonchev–Trinajstić information content (AvgIpc) is 3.01. The topological polar surface area (TPSA) is 96.5 Å². The molecule has 4 rings (SSSR count). The van der Waals surface area contributed by atoms with Crippen LogP contribution in [0.15, 0.2) is 102 Å². The van der Waals surface area contributed by atoms with E-state index >= 15 is 0 Å². The number of hydrogen-bond donors (Lipinski definition) is 3. The standard InChI is InChI=1S/C33H28Cl3N3O4S/c1-3-30(33(42)38-22-15-16-29(43-2)27(36)18-22)44-23-12-7-11-21(17-23)37-32(41)28(19-24-25(34)13-8-14-26(24)35)39-31(40)20-9-5-4-6-10-20/h4-19,30H,3H2,1-2H3,(H,37,41)(H,38,42)(H,39,40)/b28-19+. The summed E-state index contributed by atoms with van der Waals surface area (Å²) in [5.74, 6) is -0.751. The Balaban J connectivity index is 1.52. The fraction of sp³-hybridized carbons (Fsp3) is 0.121. The van der Waals surface area contributed by atoms with Gasteiger partial charge in [-0.3, -0.25) is 14.4 Å². The normalized spacial score (nSPS) is 11.8. The summed E-state index contributed by atoms with van der Waals surface area (Å²) in [6.45, 7) is 1.91. The van der Waals surface area contributed by atoms with Crippen LogP contribution in [-0.4, -0.2) is 30.1 Å². The van der Waals surface area contributed by atoms with Gasteiger partial charge in [0.15, 0.2) is 0 Å². The molecule has 4 aromatic carbocycles. The molecule has 0 spiro atoms. The molecule has 0 fully saturated rings. The molecule has 1 atom stereocenters. The predicted octanol–water partition coefficient (Wildman–Crippen LogP) is 8.57. The zero-order chi connectivity index (χ0) is 31.6. The second kappa shape index (κ2) is 15.7. The third-order valence-electron chi connectivity index (χ3n) is 6.27. The van der Waals surface area contributed by atoms with Crippen LogP contribution in [-0.2, 0) is 9.59 Å². The molecular formula is C33H28Cl3N3O4S. The molecule has 0 aromatic heterocycles. The second-order valence-electron chi connectivity index (χ2n) is 9.35. The van der Waals surface area contributed by atoms with E-state index in [0.717, 1.165) is 4.90 Å². The van der Waals surface area contributed by atoms with E-state index < -0.39 is 17.1 Å². The van der Waals surface area contributed by atoms with Gasteiger partial charge in [-0.1, -0.05) is 72.1 Å². The number of benzene rings is 4. The van der Waals surface area contributed by atoms with E-state index in [9.17, 15) is 14.4 Å². The van der Waals surface area contributed by atoms with Crippen molar-refractivity contribution in [2.75, 3.05) is 17.7 Å². The molecule has 0 saturated carbocycles. The maximum Gasteiger partial charge on any atom is 0.272 e. The van der Waals surface area contributed by atoms with Crippen LogP contribution in [0.1, 0.15) is 29.3 Å².